The maximum Gasteiger partial charge on any atom is 0.315 e. The Morgan fingerprint density at radius 3 is 2.83 bits per heavy atom. The first-order chi connectivity index (χ1) is 11.5. The van der Waals surface area contributed by atoms with Crippen LogP contribution in [0, 0.1) is 0 Å². The summed E-state index contributed by atoms with van der Waals surface area (Å²) in [6.07, 6.45) is 2.40. The van der Waals surface area contributed by atoms with Gasteiger partial charge in [-0.1, -0.05) is 18.2 Å². The third-order valence-corrected chi connectivity index (χ3v) is 4.29. The molecule has 1 aliphatic rings. The Bertz CT molecular complexity index is 655. The zero-order chi connectivity index (χ0) is 17.0. The molecule has 1 aliphatic heterocycles. The van der Waals surface area contributed by atoms with Crippen LogP contribution in [0.1, 0.15) is 19.1 Å². The van der Waals surface area contributed by atoms with Crippen LogP contribution in [0.2, 0.25) is 0 Å². The quantitative estimate of drug-likeness (QED) is 0.785. The normalized spacial score (nSPS) is 19.8. The van der Waals surface area contributed by atoms with Crippen LogP contribution < -0.4 is 15.5 Å². The largest absolute Gasteiger partial charge is 0.466 e. The maximum atomic E-state index is 12.1. The highest BCUT2D eigenvalue weighted by Crippen LogP contribution is 2.21. The molecule has 0 spiro atoms. The third kappa shape index (κ3) is 3.89. The number of carbonyl (C=O) groups excluding carboxylic acids is 1. The first kappa shape index (κ1) is 16.4. The number of nitrogens with one attached hydrogen (secondary N) is 2. The lowest BCUT2D eigenvalue weighted by Crippen LogP contribution is -2.47. The summed E-state index contributed by atoms with van der Waals surface area (Å²) in [4.78, 5) is 14.3. The van der Waals surface area contributed by atoms with Gasteiger partial charge in [0.2, 0.25) is 0 Å². The molecule has 1 aromatic carbocycles. The van der Waals surface area contributed by atoms with Crippen LogP contribution in [-0.2, 0) is 5.60 Å². The van der Waals surface area contributed by atoms with Crippen molar-refractivity contribution in [2.24, 2.45) is 0 Å². The number of hydrogen-bond acceptors (Lipinski definition) is 4. The van der Waals surface area contributed by atoms with Crippen LogP contribution in [0.15, 0.2) is 53.1 Å². The van der Waals surface area contributed by atoms with Crippen LogP contribution in [0.4, 0.5) is 10.5 Å². The second kappa shape index (κ2) is 6.97. The summed E-state index contributed by atoms with van der Waals surface area (Å²) in [6.45, 7) is 3.39. The van der Waals surface area contributed by atoms with Gasteiger partial charge in [-0.3, -0.25) is 0 Å². The summed E-state index contributed by atoms with van der Waals surface area (Å²) < 4.78 is 5.20. The average Bonchev–Trinajstić information content (AvgIpc) is 3.26. The monoisotopic (exact) mass is 329 g/mol. The fourth-order valence-electron chi connectivity index (χ4n) is 2.91. The van der Waals surface area contributed by atoms with Gasteiger partial charge in [0.25, 0.3) is 0 Å². The van der Waals surface area contributed by atoms with Gasteiger partial charge in [-0.25, -0.2) is 4.79 Å². The number of anilines is 1. The molecule has 0 saturated carbocycles. The van der Waals surface area contributed by atoms with Crippen LogP contribution in [0.5, 0.6) is 0 Å². The molecule has 0 bridgehead atoms. The van der Waals surface area contributed by atoms with Crippen molar-refractivity contribution >= 4 is 11.7 Å². The van der Waals surface area contributed by atoms with Crippen molar-refractivity contribution in [1.82, 2.24) is 10.6 Å². The number of nitrogens with zero attached hydrogens (tertiary/aromatic N) is 1. The number of furan rings is 1. The average molecular weight is 329 g/mol. The summed E-state index contributed by atoms with van der Waals surface area (Å²) >= 11 is 0. The lowest BCUT2D eigenvalue weighted by molar-refractivity contribution is 0.0367. The number of benzene rings is 1. The van der Waals surface area contributed by atoms with E-state index in [1.807, 2.05) is 18.2 Å². The molecule has 1 aromatic heterocycles. The van der Waals surface area contributed by atoms with Crippen LogP contribution >= 0.6 is 0 Å². The van der Waals surface area contributed by atoms with Gasteiger partial charge in [0.05, 0.1) is 12.8 Å². The molecule has 24 heavy (non-hydrogen) atoms. The Labute approximate surface area is 141 Å². The molecule has 6 nitrogen and oxygen atoms in total. The van der Waals surface area contributed by atoms with Crippen LogP contribution in [0.25, 0.3) is 0 Å². The molecule has 0 radical (unpaired) electrons. The van der Waals surface area contributed by atoms with E-state index in [1.54, 1.807) is 19.1 Å². The highest BCUT2D eigenvalue weighted by Gasteiger charge is 2.28. The van der Waals surface area contributed by atoms with Crippen LogP contribution in [-0.4, -0.2) is 36.8 Å². The van der Waals surface area contributed by atoms with Gasteiger partial charge in [0, 0.05) is 24.8 Å². The van der Waals surface area contributed by atoms with Crippen molar-refractivity contribution in [3.63, 3.8) is 0 Å². The highest BCUT2D eigenvalue weighted by atomic mass is 16.4. The fraction of sp³-hybridized carbons (Fsp3) is 0.389. The van der Waals surface area contributed by atoms with Gasteiger partial charge in [-0.2, -0.15) is 0 Å². The molecular weight excluding hydrogens is 306 g/mol. The SMILES string of the molecule is CC(O)(CNC(=O)NC1CCN(c2ccccc2)C1)c1ccco1. The number of hydrogen-bond donors (Lipinski definition) is 3. The van der Waals surface area contributed by atoms with Crippen LogP contribution in [0.3, 0.4) is 0 Å². The number of aliphatic hydroxyl groups is 1. The zero-order valence-corrected chi connectivity index (χ0v) is 13.7. The van der Waals surface area contributed by atoms with Crippen molar-refractivity contribution in [2.45, 2.75) is 25.0 Å². The van der Waals surface area contributed by atoms with Gasteiger partial charge < -0.3 is 25.1 Å². The second-order valence-corrected chi connectivity index (χ2v) is 6.35. The van der Waals surface area contributed by atoms with Gasteiger partial charge in [0.1, 0.15) is 11.4 Å². The van der Waals surface area contributed by atoms with E-state index < -0.39 is 5.60 Å². The van der Waals surface area contributed by atoms with E-state index in [0.29, 0.717) is 5.76 Å². The Morgan fingerprint density at radius 2 is 2.12 bits per heavy atom. The molecule has 128 valence electrons. The molecule has 3 rings (SSSR count). The molecule has 2 atom stereocenters. The Kier molecular flexibility index (Phi) is 4.76. The minimum atomic E-state index is -1.23. The molecule has 2 aromatic rings. The Morgan fingerprint density at radius 1 is 1.33 bits per heavy atom. The molecule has 6 heteroatoms. The lowest BCUT2D eigenvalue weighted by atomic mass is 10.0. The molecule has 2 heterocycles. The van der Waals surface area contributed by atoms with Crippen molar-refractivity contribution in [3.05, 3.63) is 54.5 Å². The van der Waals surface area contributed by atoms with E-state index >= 15 is 0 Å². The number of rotatable bonds is 5. The first-order valence-corrected chi connectivity index (χ1v) is 8.15. The predicted molar refractivity (Wildman–Crippen MR) is 91.9 cm³/mol. The summed E-state index contributed by atoms with van der Waals surface area (Å²) in [5.41, 5.74) is -0.0602. The zero-order valence-electron chi connectivity index (χ0n) is 13.7. The van der Waals surface area contributed by atoms with E-state index in [0.717, 1.165) is 19.5 Å². The van der Waals surface area contributed by atoms with E-state index in [1.165, 1.54) is 12.0 Å². The van der Waals surface area contributed by atoms with E-state index in [2.05, 4.69) is 27.7 Å². The van der Waals surface area contributed by atoms with Gasteiger partial charge in [-0.15, -0.1) is 0 Å². The third-order valence-electron chi connectivity index (χ3n) is 4.29. The second-order valence-electron chi connectivity index (χ2n) is 6.35. The summed E-state index contributed by atoms with van der Waals surface area (Å²) in [5.74, 6) is 0.430. The number of para-hydroxylation sites is 1. The van der Waals surface area contributed by atoms with Gasteiger partial charge >= 0.3 is 6.03 Å². The van der Waals surface area contributed by atoms with Crippen molar-refractivity contribution in [1.29, 1.82) is 0 Å². The summed E-state index contributed by atoms with van der Waals surface area (Å²) in [6, 6.07) is 13.4. The minimum Gasteiger partial charge on any atom is -0.466 e. The fourth-order valence-corrected chi connectivity index (χ4v) is 2.91. The number of urea groups is 1. The standard InChI is InChI=1S/C18H23N3O3/c1-18(23,16-8-5-11-24-16)13-19-17(22)20-14-9-10-21(12-14)15-6-3-2-4-7-15/h2-8,11,14,23H,9-10,12-13H2,1H3,(H2,19,20,22). The topological polar surface area (TPSA) is 77.7 Å². The first-order valence-electron chi connectivity index (χ1n) is 8.15. The lowest BCUT2D eigenvalue weighted by Gasteiger charge is -2.22. The summed E-state index contributed by atoms with van der Waals surface area (Å²) in [5, 5.41) is 16.0. The minimum absolute atomic E-state index is 0.0848. The van der Waals surface area contributed by atoms with Crippen molar-refractivity contribution < 1.29 is 14.3 Å². The highest BCUT2D eigenvalue weighted by molar-refractivity contribution is 5.74. The number of amides is 2. The molecule has 2 unspecified atom stereocenters. The van der Waals surface area contributed by atoms with E-state index in [-0.39, 0.29) is 18.6 Å². The predicted octanol–water partition coefficient (Wildman–Crippen LogP) is 2.07. The molecule has 0 aliphatic carbocycles. The van der Waals surface area contributed by atoms with E-state index in [9.17, 15) is 9.90 Å². The van der Waals surface area contributed by atoms with Gasteiger partial charge in [0.15, 0.2) is 0 Å². The molecular formula is C18H23N3O3. The molecule has 1 fully saturated rings. The molecule has 1 saturated heterocycles. The molecule has 3 N–H and O–H groups in total. The van der Waals surface area contributed by atoms with Crippen molar-refractivity contribution in [3.8, 4) is 0 Å². The van der Waals surface area contributed by atoms with Crippen molar-refractivity contribution in [2.75, 3.05) is 24.5 Å². The Hall–Kier alpha value is -2.47. The van der Waals surface area contributed by atoms with E-state index in [4.69, 9.17) is 4.42 Å². The smallest absolute Gasteiger partial charge is 0.315 e. The number of carbonyl (C=O) groups is 1. The maximum absolute atomic E-state index is 12.1. The van der Waals surface area contributed by atoms with Gasteiger partial charge in [-0.05, 0) is 37.6 Å². The molecule has 2 amide bonds. The summed E-state index contributed by atoms with van der Waals surface area (Å²) in [7, 11) is 0. The Balaban J connectivity index is 1.46.